The molecule has 0 aliphatic carbocycles. The van der Waals surface area contributed by atoms with Gasteiger partial charge in [0.25, 0.3) is 0 Å². The van der Waals surface area contributed by atoms with Crippen molar-refractivity contribution in [3.8, 4) is 0 Å². The molecule has 1 aliphatic rings. The number of rotatable bonds is 3. The summed E-state index contributed by atoms with van der Waals surface area (Å²) in [5.41, 5.74) is -0.373. The van der Waals surface area contributed by atoms with Gasteiger partial charge in [-0.15, -0.1) is 0 Å². The molecular formula is C20H24F3N5O. The fourth-order valence-electron chi connectivity index (χ4n) is 3.00. The van der Waals surface area contributed by atoms with Gasteiger partial charge in [-0.3, -0.25) is 4.79 Å². The fraction of sp³-hybridized carbons (Fsp3) is 0.450. The Morgan fingerprint density at radius 2 is 1.66 bits per heavy atom. The Morgan fingerprint density at radius 3 is 2.21 bits per heavy atom. The number of pyridine rings is 2. The summed E-state index contributed by atoms with van der Waals surface area (Å²) >= 11 is 0. The first kappa shape index (κ1) is 20.9. The Morgan fingerprint density at radius 1 is 1.00 bits per heavy atom. The molecule has 0 unspecified atom stereocenters. The molecule has 3 heterocycles. The number of alkyl halides is 3. The molecule has 0 saturated carbocycles. The van der Waals surface area contributed by atoms with Crippen molar-refractivity contribution in [2.75, 3.05) is 41.3 Å². The highest BCUT2D eigenvalue weighted by Crippen LogP contribution is 2.35. The Balaban J connectivity index is 1.64. The maximum atomic E-state index is 13.2. The van der Waals surface area contributed by atoms with Crippen molar-refractivity contribution in [3.63, 3.8) is 0 Å². The van der Waals surface area contributed by atoms with Gasteiger partial charge in [-0.05, 0) is 24.3 Å². The minimum Gasteiger partial charge on any atom is -0.367 e. The molecule has 1 N–H and O–H groups in total. The summed E-state index contributed by atoms with van der Waals surface area (Å²) in [6, 6.07) is 5.94. The topological polar surface area (TPSA) is 61.4 Å². The van der Waals surface area contributed by atoms with Crippen LogP contribution in [0.3, 0.4) is 0 Å². The predicted octanol–water partition coefficient (Wildman–Crippen LogP) is 3.81. The number of aromatic nitrogens is 2. The van der Waals surface area contributed by atoms with E-state index in [1.165, 1.54) is 12.3 Å². The summed E-state index contributed by atoms with van der Waals surface area (Å²) in [5.74, 6) is 0.316. The van der Waals surface area contributed by atoms with Crippen molar-refractivity contribution in [1.82, 2.24) is 9.97 Å². The largest absolute Gasteiger partial charge is 0.419 e. The molecular weight excluding hydrogens is 383 g/mol. The number of halogens is 3. The number of nitrogens with one attached hydrogen (secondary N) is 1. The predicted molar refractivity (Wildman–Crippen MR) is 106 cm³/mol. The second kappa shape index (κ2) is 7.88. The van der Waals surface area contributed by atoms with Crippen LogP contribution in [-0.2, 0) is 11.0 Å². The summed E-state index contributed by atoms with van der Waals surface area (Å²) in [6.07, 6.45) is -1.39. The van der Waals surface area contributed by atoms with Gasteiger partial charge in [0.05, 0.1) is 17.4 Å². The molecule has 2 aromatic rings. The SMILES string of the molecule is CC(C)(C)C(=O)Nc1ccc(N2CCN(c3ncccc3C(F)(F)F)CC2)cn1. The van der Waals surface area contributed by atoms with Crippen LogP contribution in [0.1, 0.15) is 26.3 Å². The lowest BCUT2D eigenvalue weighted by Gasteiger charge is -2.37. The summed E-state index contributed by atoms with van der Waals surface area (Å²) < 4.78 is 39.7. The first-order valence-corrected chi connectivity index (χ1v) is 9.35. The van der Waals surface area contributed by atoms with Crippen LogP contribution < -0.4 is 15.1 Å². The van der Waals surface area contributed by atoms with Crippen molar-refractivity contribution in [3.05, 3.63) is 42.2 Å². The summed E-state index contributed by atoms with van der Waals surface area (Å²) in [7, 11) is 0. The second-order valence-corrected chi connectivity index (χ2v) is 7.95. The van der Waals surface area contributed by atoms with Crippen LogP contribution in [0.15, 0.2) is 36.7 Å². The summed E-state index contributed by atoms with van der Waals surface area (Å²) in [6.45, 7) is 7.39. The van der Waals surface area contributed by atoms with E-state index in [-0.39, 0.29) is 11.7 Å². The molecule has 0 atom stereocenters. The maximum Gasteiger partial charge on any atom is 0.419 e. The number of carbonyl (C=O) groups is 1. The van der Waals surface area contributed by atoms with Crippen molar-refractivity contribution < 1.29 is 18.0 Å². The zero-order chi connectivity index (χ0) is 21.2. The number of nitrogens with zero attached hydrogens (tertiary/aromatic N) is 4. The van der Waals surface area contributed by atoms with E-state index < -0.39 is 17.2 Å². The lowest BCUT2D eigenvalue weighted by molar-refractivity contribution is -0.137. The standard InChI is InChI=1S/C20H24F3N5O/c1-19(2,3)18(29)26-16-7-6-14(13-25-16)27-9-11-28(12-10-27)17-15(20(21,22)23)5-4-8-24-17/h4-8,13H,9-12H2,1-3H3,(H,25,26,29). The first-order valence-electron chi connectivity index (χ1n) is 9.35. The molecule has 0 radical (unpaired) electrons. The average Bonchev–Trinajstić information content (AvgIpc) is 2.67. The molecule has 1 amide bonds. The molecule has 0 bridgehead atoms. The van der Waals surface area contributed by atoms with Crippen LogP contribution in [0.4, 0.5) is 30.5 Å². The zero-order valence-electron chi connectivity index (χ0n) is 16.6. The first-order chi connectivity index (χ1) is 13.6. The van der Waals surface area contributed by atoms with Gasteiger partial charge in [0.1, 0.15) is 11.6 Å². The maximum absolute atomic E-state index is 13.2. The van der Waals surface area contributed by atoms with Crippen molar-refractivity contribution in [2.45, 2.75) is 26.9 Å². The van der Waals surface area contributed by atoms with Gasteiger partial charge in [-0.1, -0.05) is 20.8 Å². The van der Waals surface area contributed by atoms with Crippen LogP contribution in [0.2, 0.25) is 0 Å². The monoisotopic (exact) mass is 407 g/mol. The zero-order valence-corrected chi connectivity index (χ0v) is 16.6. The van der Waals surface area contributed by atoms with E-state index in [0.717, 1.165) is 11.8 Å². The fourth-order valence-corrected chi connectivity index (χ4v) is 3.00. The summed E-state index contributed by atoms with van der Waals surface area (Å²) in [5, 5.41) is 2.77. The van der Waals surface area contributed by atoms with Crippen LogP contribution >= 0.6 is 0 Å². The number of anilines is 3. The van der Waals surface area contributed by atoms with Gasteiger partial charge in [0.2, 0.25) is 5.91 Å². The van der Waals surface area contributed by atoms with Crippen LogP contribution in [0.25, 0.3) is 0 Å². The molecule has 2 aromatic heterocycles. The molecule has 3 rings (SSSR count). The third-order valence-corrected chi connectivity index (χ3v) is 4.71. The van der Waals surface area contributed by atoms with Crippen LogP contribution in [-0.4, -0.2) is 42.1 Å². The van der Waals surface area contributed by atoms with E-state index in [9.17, 15) is 18.0 Å². The molecule has 156 valence electrons. The van der Waals surface area contributed by atoms with Crippen molar-refractivity contribution in [1.29, 1.82) is 0 Å². The van der Waals surface area contributed by atoms with Crippen molar-refractivity contribution >= 4 is 23.2 Å². The highest BCUT2D eigenvalue weighted by atomic mass is 19.4. The Hall–Kier alpha value is -2.84. The van der Waals surface area contributed by atoms with E-state index in [4.69, 9.17) is 0 Å². The Labute approximate surface area is 167 Å². The van der Waals surface area contributed by atoms with Gasteiger partial charge in [0.15, 0.2) is 0 Å². The number of amides is 1. The average molecular weight is 407 g/mol. The number of carbonyl (C=O) groups excluding carboxylic acids is 1. The van der Waals surface area contributed by atoms with E-state index in [1.54, 1.807) is 17.2 Å². The molecule has 9 heteroatoms. The van der Waals surface area contributed by atoms with Crippen LogP contribution in [0.5, 0.6) is 0 Å². The molecule has 1 saturated heterocycles. The molecule has 29 heavy (non-hydrogen) atoms. The van der Waals surface area contributed by atoms with E-state index in [0.29, 0.717) is 32.0 Å². The van der Waals surface area contributed by atoms with Gasteiger partial charge in [0, 0.05) is 37.8 Å². The van der Waals surface area contributed by atoms with E-state index in [1.807, 2.05) is 26.8 Å². The number of hydrogen-bond donors (Lipinski definition) is 1. The molecule has 0 spiro atoms. The number of hydrogen-bond acceptors (Lipinski definition) is 5. The minimum absolute atomic E-state index is 0.0296. The van der Waals surface area contributed by atoms with E-state index in [2.05, 4.69) is 20.2 Å². The van der Waals surface area contributed by atoms with Crippen molar-refractivity contribution in [2.24, 2.45) is 5.41 Å². The lowest BCUT2D eigenvalue weighted by atomic mass is 9.96. The molecule has 0 aromatic carbocycles. The number of piperazine rings is 1. The Bertz CT molecular complexity index is 854. The lowest BCUT2D eigenvalue weighted by Crippen LogP contribution is -2.47. The van der Waals surface area contributed by atoms with Gasteiger partial charge >= 0.3 is 6.18 Å². The summed E-state index contributed by atoms with van der Waals surface area (Å²) in [4.78, 5) is 24.0. The van der Waals surface area contributed by atoms with Gasteiger partial charge < -0.3 is 15.1 Å². The molecule has 1 aliphatic heterocycles. The second-order valence-electron chi connectivity index (χ2n) is 7.95. The van der Waals surface area contributed by atoms with E-state index >= 15 is 0 Å². The van der Waals surface area contributed by atoms with Gasteiger partial charge in [-0.2, -0.15) is 13.2 Å². The third-order valence-electron chi connectivity index (χ3n) is 4.71. The highest BCUT2D eigenvalue weighted by molar-refractivity contribution is 5.93. The Kier molecular flexibility index (Phi) is 5.68. The third kappa shape index (κ3) is 4.96. The normalized spacial score (nSPS) is 15.4. The van der Waals surface area contributed by atoms with Crippen LogP contribution in [0, 0.1) is 5.41 Å². The quantitative estimate of drug-likeness (QED) is 0.839. The van der Waals surface area contributed by atoms with Gasteiger partial charge in [-0.25, -0.2) is 9.97 Å². The smallest absolute Gasteiger partial charge is 0.367 e. The highest BCUT2D eigenvalue weighted by Gasteiger charge is 2.36. The molecule has 1 fully saturated rings. The minimum atomic E-state index is -4.43. The molecule has 6 nitrogen and oxygen atoms in total.